The van der Waals surface area contributed by atoms with Gasteiger partial charge < -0.3 is 20.4 Å². The molecule has 0 spiro atoms. The van der Waals surface area contributed by atoms with Gasteiger partial charge in [0.05, 0.1) is 4.88 Å². The minimum absolute atomic E-state index is 0.0618. The highest BCUT2D eigenvalue weighted by atomic mass is 32.1. The Hall–Kier alpha value is -3.98. The summed E-state index contributed by atoms with van der Waals surface area (Å²) >= 11 is 1.55. The van der Waals surface area contributed by atoms with Crippen LogP contribution in [0.25, 0.3) is 21.5 Å². The quantitative estimate of drug-likeness (QED) is 0.375. The first-order valence-electron chi connectivity index (χ1n) is 12.0. The van der Waals surface area contributed by atoms with Crippen LogP contribution >= 0.6 is 11.3 Å². The number of benzene rings is 2. The molecule has 2 aromatic heterocycles. The molecule has 0 radical (unpaired) electrons. The molecule has 0 atom stereocenters. The first-order valence-corrected chi connectivity index (χ1v) is 12.8. The molecular weight excluding hydrogens is 472 g/mol. The van der Waals surface area contributed by atoms with Gasteiger partial charge in [-0.15, -0.1) is 11.3 Å². The molecule has 9 heteroatoms. The van der Waals surface area contributed by atoms with Crippen molar-refractivity contribution < 1.29 is 9.59 Å². The molecule has 0 unspecified atom stereocenters. The normalized spacial score (nSPS) is 13.6. The first-order chi connectivity index (χ1) is 17.6. The third-order valence-electron chi connectivity index (χ3n) is 6.08. The standard InChI is InChI=1S/C27H28N6O2S/c1-19(34)28-11-12-29-24-18-25(31-26(30-24)20-7-3-2-4-8-20)32-13-15-33(16-14-32)27(35)23-17-21-9-5-6-10-22(21)36-23/h2-10,17-18H,11-16H2,1H3,(H,28,34)(H,29,30,31). The molecule has 3 heterocycles. The van der Waals surface area contributed by atoms with Gasteiger partial charge in [0.2, 0.25) is 5.91 Å². The van der Waals surface area contributed by atoms with Gasteiger partial charge >= 0.3 is 0 Å². The zero-order chi connectivity index (χ0) is 24.9. The Balaban J connectivity index is 1.30. The molecule has 2 aromatic carbocycles. The van der Waals surface area contributed by atoms with E-state index in [-0.39, 0.29) is 11.8 Å². The van der Waals surface area contributed by atoms with Crippen molar-refractivity contribution in [3.8, 4) is 11.4 Å². The van der Waals surface area contributed by atoms with Gasteiger partial charge in [-0.1, -0.05) is 48.5 Å². The van der Waals surface area contributed by atoms with E-state index in [1.807, 2.05) is 65.6 Å². The second-order valence-electron chi connectivity index (χ2n) is 8.64. The lowest BCUT2D eigenvalue weighted by Gasteiger charge is -2.35. The molecule has 0 saturated carbocycles. The number of carbonyl (C=O) groups excluding carboxylic acids is 2. The van der Waals surface area contributed by atoms with Crippen LogP contribution in [0.2, 0.25) is 0 Å². The summed E-state index contributed by atoms with van der Waals surface area (Å²) in [5.74, 6) is 2.18. The monoisotopic (exact) mass is 500 g/mol. The fourth-order valence-electron chi connectivity index (χ4n) is 4.21. The van der Waals surface area contributed by atoms with Crippen molar-refractivity contribution in [3.05, 3.63) is 71.6 Å². The molecule has 5 rings (SSSR count). The number of hydrogen-bond acceptors (Lipinski definition) is 7. The Morgan fingerprint density at radius 1 is 0.917 bits per heavy atom. The van der Waals surface area contributed by atoms with Gasteiger partial charge in [-0.3, -0.25) is 9.59 Å². The van der Waals surface area contributed by atoms with E-state index in [2.05, 4.69) is 21.6 Å². The number of amides is 2. The van der Waals surface area contributed by atoms with Crippen LogP contribution in [0.4, 0.5) is 11.6 Å². The Bertz CT molecular complexity index is 1330. The molecule has 2 amide bonds. The fourth-order valence-corrected chi connectivity index (χ4v) is 5.24. The lowest BCUT2D eigenvalue weighted by Crippen LogP contribution is -2.49. The van der Waals surface area contributed by atoms with Crippen molar-refractivity contribution in [2.24, 2.45) is 0 Å². The third kappa shape index (κ3) is 5.46. The van der Waals surface area contributed by atoms with Gasteiger partial charge in [0.1, 0.15) is 11.6 Å². The molecule has 0 aliphatic carbocycles. The highest BCUT2D eigenvalue weighted by molar-refractivity contribution is 7.20. The van der Waals surface area contributed by atoms with Crippen molar-refractivity contribution in [1.29, 1.82) is 0 Å². The van der Waals surface area contributed by atoms with E-state index in [0.717, 1.165) is 26.3 Å². The predicted molar refractivity (Wildman–Crippen MR) is 145 cm³/mol. The van der Waals surface area contributed by atoms with E-state index in [9.17, 15) is 9.59 Å². The summed E-state index contributed by atoms with van der Waals surface area (Å²) in [5, 5.41) is 7.19. The predicted octanol–water partition coefficient (Wildman–Crippen LogP) is 3.87. The van der Waals surface area contributed by atoms with E-state index in [4.69, 9.17) is 9.97 Å². The highest BCUT2D eigenvalue weighted by Crippen LogP contribution is 2.28. The number of anilines is 2. The summed E-state index contributed by atoms with van der Waals surface area (Å²) in [6.45, 7) is 5.20. The second kappa shape index (κ2) is 10.7. The van der Waals surface area contributed by atoms with Crippen LogP contribution in [0.5, 0.6) is 0 Å². The SMILES string of the molecule is CC(=O)NCCNc1cc(N2CCN(C(=O)c3cc4ccccc4s3)CC2)nc(-c2ccccc2)n1. The van der Waals surface area contributed by atoms with Crippen molar-refractivity contribution in [2.75, 3.05) is 49.5 Å². The highest BCUT2D eigenvalue weighted by Gasteiger charge is 2.25. The number of hydrogen-bond donors (Lipinski definition) is 2. The van der Waals surface area contributed by atoms with Crippen molar-refractivity contribution in [1.82, 2.24) is 20.2 Å². The lowest BCUT2D eigenvalue weighted by molar-refractivity contribution is -0.118. The van der Waals surface area contributed by atoms with Crippen molar-refractivity contribution in [3.63, 3.8) is 0 Å². The summed E-state index contributed by atoms with van der Waals surface area (Å²) in [6, 6.07) is 21.9. The molecule has 1 aliphatic heterocycles. The average molecular weight is 501 g/mol. The van der Waals surface area contributed by atoms with Gasteiger partial charge in [0.15, 0.2) is 5.82 Å². The number of piperazine rings is 1. The molecule has 8 nitrogen and oxygen atoms in total. The molecule has 36 heavy (non-hydrogen) atoms. The maximum Gasteiger partial charge on any atom is 0.264 e. The van der Waals surface area contributed by atoms with E-state index in [1.165, 1.54) is 6.92 Å². The minimum atomic E-state index is -0.0618. The van der Waals surface area contributed by atoms with E-state index in [0.29, 0.717) is 50.9 Å². The second-order valence-corrected chi connectivity index (χ2v) is 9.72. The molecule has 2 N–H and O–H groups in total. The Morgan fingerprint density at radius 2 is 1.67 bits per heavy atom. The zero-order valence-corrected chi connectivity index (χ0v) is 20.9. The molecule has 1 saturated heterocycles. The third-order valence-corrected chi connectivity index (χ3v) is 7.18. The number of rotatable bonds is 7. The largest absolute Gasteiger partial charge is 0.368 e. The smallest absolute Gasteiger partial charge is 0.264 e. The summed E-state index contributed by atoms with van der Waals surface area (Å²) in [5.41, 5.74) is 0.933. The lowest BCUT2D eigenvalue weighted by atomic mass is 10.2. The van der Waals surface area contributed by atoms with Gasteiger partial charge in [0.25, 0.3) is 5.91 Å². The number of fused-ring (bicyclic) bond motifs is 1. The maximum atomic E-state index is 13.2. The Kier molecular flexibility index (Phi) is 7.08. The zero-order valence-electron chi connectivity index (χ0n) is 20.1. The summed E-state index contributed by atoms with van der Waals surface area (Å²) in [6.07, 6.45) is 0. The average Bonchev–Trinajstić information content (AvgIpc) is 3.35. The van der Waals surface area contributed by atoms with Gasteiger partial charge in [-0.25, -0.2) is 9.97 Å². The molecule has 0 bridgehead atoms. The number of nitrogens with zero attached hydrogens (tertiary/aromatic N) is 4. The van der Waals surface area contributed by atoms with Crippen LogP contribution in [-0.2, 0) is 4.79 Å². The molecule has 184 valence electrons. The number of aromatic nitrogens is 2. The number of carbonyl (C=O) groups is 2. The van der Waals surface area contributed by atoms with E-state index < -0.39 is 0 Å². The molecule has 4 aromatic rings. The summed E-state index contributed by atoms with van der Waals surface area (Å²) < 4.78 is 1.13. The van der Waals surface area contributed by atoms with Crippen LogP contribution < -0.4 is 15.5 Å². The van der Waals surface area contributed by atoms with Crippen LogP contribution in [0.15, 0.2) is 66.7 Å². The minimum Gasteiger partial charge on any atom is -0.368 e. The van der Waals surface area contributed by atoms with Crippen molar-refractivity contribution in [2.45, 2.75) is 6.92 Å². The first kappa shape index (κ1) is 23.7. The van der Waals surface area contributed by atoms with Crippen molar-refractivity contribution >= 4 is 44.9 Å². The van der Waals surface area contributed by atoms with E-state index in [1.54, 1.807) is 11.3 Å². The van der Waals surface area contributed by atoms with Crippen LogP contribution in [0.3, 0.4) is 0 Å². The topological polar surface area (TPSA) is 90.5 Å². The Morgan fingerprint density at radius 3 is 2.42 bits per heavy atom. The summed E-state index contributed by atoms with van der Waals surface area (Å²) in [4.78, 5) is 38.8. The van der Waals surface area contributed by atoms with Gasteiger partial charge in [0, 0.05) is 62.5 Å². The fraction of sp³-hybridized carbons (Fsp3) is 0.259. The van der Waals surface area contributed by atoms with Gasteiger partial charge in [-0.05, 0) is 17.5 Å². The number of nitrogens with one attached hydrogen (secondary N) is 2. The molecular formula is C27H28N6O2S. The van der Waals surface area contributed by atoms with Gasteiger partial charge in [-0.2, -0.15) is 0 Å². The maximum absolute atomic E-state index is 13.2. The molecule has 1 aliphatic rings. The van der Waals surface area contributed by atoms with Crippen LogP contribution in [0.1, 0.15) is 16.6 Å². The van der Waals surface area contributed by atoms with Crippen LogP contribution in [-0.4, -0.2) is 66.0 Å². The summed E-state index contributed by atoms with van der Waals surface area (Å²) in [7, 11) is 0. The Labute approximate surface area is 214 Å². The number of thiophene rings is 1. The molecule has 1 fully saturated rings. The van der Waals surface area contributed by atoms with E-state index >= 15 is 0 Å². The van der Waals surface area contributed by atoms with Crippen LogP contribution in [0, 0.1) is 0 Å².